The van der Waals surface area contributed by atoms with Gasteiger partial charge in [0.25, 0.3) is 0 Å². The number of nitrogens with one attached hydrogen (secondary N) is 1. The van der Waals surface area contributed by atoms with E-state index in [1.807, 2.05) is 12.4 Å². The number of aromatic nitrogens is 1. The summed E-state index contributed by atoms with van der Waals surface area (Å²) in [5.74, 6) is 1.08. The highest BCUT2D eigenvalue weighted by atomic mass is 16.1. The van der Waals surface area contributed by atoms with Crippen LogP contribution in [0.3, 0.4) is 0 Å². The van der Waals surface area contributed by atoms with Crippen molar-refractivity contribution >= 4 is 5.91 Å². The molecule has 3 fully saturated rings. The van der Waals surface area contributed by atoms with Gasteiger partial charge in [-0.25, -0.2) is 0 Å². The van der Waals surface area contributed by atoms with Crippen molar-refractivity contribution in [2.75, 3.05) is 26.2 Å². The molecule has 6 nitrogen and oxygen atoms in total. The van der Waals surface area contributed by atoms with Crippen LogP contribution in [0.5, 0.6) is 0 Å². The van der Waals surface area contributed by atoms with Gasteiger partial charge in [-0.1, -0.05) is 0 Å². The lowest BCUT2D eigenvalue weighted by Crippen LogP contribution is -2.47. The molecule has 1 aromatic heterocycles. The summed E-state index contributed by atoms with van der Waals surface area (Å²) in [7, 11) is 0. The van der Waals surface area contributed by atoms with Gasteiger partial charge in [0, 0.05) is 69.7 Å². The zero-order valence-electron chi connectivity index (χ0n) is 16.9. The first kappa shape index (κ1) is 19.8. The molecule has 0 spiro atoms. The Labute approximate surface area is 168 Å². The predicted octanol–water partition coefficient (Wildman–Crippen LogP) is 1.75. The van der Waals surface area contributed by atoms with E-state index in [2.05, 4.69) is 32.2 Å². The summed E-state index contributed by atoms with van der Waals surface area (Å²) in [4.78, 5) is 21.8. The molecule has 1 aliphatic carbocycles. The van der Waals surface area contributed by atoms with Gasteiger partial charge in [-0.2, -0.15) is 0 Å². The molecule has 2 aliphatic heterocycles. The van der Waals surface area contributed by atoms with E-state index in [1.165, 1.54) is 18.4 Å². The van der Waals surface area contributed by atoms with Crippen molar-refractivity contribution in [2.45, 2.75) is 69.6 Å². The number of likely N-dealkylation sites (tertiary alicyclic amines) is 2. The lowest BCUT2D eigenvalue weighted by molar-refractivity contribution is -0.123. The summed E-state index contributed by atoms with van der Waals surface area (Å²) >= 11 is 0. The minimum Gasteiger partial charge on any atom is -0.353 e. The topological polar surface area (TPSA) is 74.5 Å². The van der Waals surface area contributed by atoms with E-state index in [-0.39, 0.29) is 5.91 Å². The second-order valence-corrected chi connectivity index (χ2v) is 8.94. The largest absolute Gasteiger partial charge is 0.353 e. The molecule has 2 atom stereocenters. The first-order valence-corrected chi connectivity index (χ1v) is 11.1. The van der Waals surface area contributed by atoms with Crippen molar-refractivity contribution in [1.82, 2.24) is 20.1 Å². The highest BCUT2D eigenvalue weighted by Gasteiger charge is 2.37. The van der Waals surface area contributed by atoms with Crippen LogP contribution in [0, 0.1) is 5.92 Å². The first-order valence-electron chi connectivity index (χ1n) is 11.1. The van der Waals surface area contributed by atoms with E-state index < -0.39 is 0 Å². The Kier molecular flexibility index (Phi) is 6.60. The second-order valence-electron chi connectivity index (χ2n) is 8.94. The number of hydrogen-bond acceptors (Lipinski definition) is 5. The van der Waals surface area contributed by atoms with Gasteiger partial charge in [0.05, 0.1) is 0 Å². The molecule has 0 aromatic carbocycles. The minimum absolute atomic E-state index is 0.232. The van der Waals surface area contributed by atoms with Gasteiger partial charge < -0.3 is 11.1 Å². The quantitative estimate of drug-likeness (QED) is 0.713. The van der Waals surface area contributed by atoms with E-state index in [1.54, 1.807) is 0 Å². The van der Waals surface area contributed by atoms with Gasteiger partial charge in [0.1, 0.15) is 0 Å². The van der Waals surface area contributed by atoms with Crippen LogP contribution in [0.4, 0.5) is 0 Å². The maximum Gasteiger partial charge on any atom is 0.221 e. The average Bonchev–Trinajstić information content (AvgIpc) is 3.45. The lowest BCUT2D eigenvalue weighted by Gasteiger charge is -2.33. The fourth-order valence-corrected chi connectivity index (χ4v) is 4.87. The van der Waals surface area contributed by atoms with E-state index in [0.717, 1.165) is 64.3 Å². The van der Waals surface area contributed by atoms with Crippen LogP contribution < -0.4 is 11.1 Å². The van der Waals surface area contributed by atoms with E-state index >= 15 is 0 Å². The molecule has 2 saturated heterocycles. The fraction of sp³-hybridized carbons (Fsp3) is 0.727. The molecule has 3 heterocycles. The predicted molar refractivity (Wildman–Crippen MR) is 111 cm³/mol. The number of amides is 1. The first-order chi connectivity index (χ1) is 13.7. The number of pyridine rings is 1. The Morgan fingerprint density at radius 3 is 2.46 bits per heavy atom. The molecule has 1 saturated carbocycles. The average molecular weight is 386 g/mol. The molecule has 1 amide bonds. The van der Waals surface area contributed by atoms with E-state index in [4.69, 9.17) is 5.73 Å². The minimum atomic E-state index is 0.232. The third-order valence-corrected chi connectivity index (χ3v) is 6.74. The molecular formula is C22H35N5O. The lowest BCUT2D eigenvalue weighted by atomic mass is 10.0. The Morgan fingerprint density at radius 2 is 1.79 bits per heavy atom. The van der Waals surface area contributed by atoms with Crippen LogP contribution in [0.1, 0.15) is 50.5 Å². The fourth-order valence-electron chi connectivity index (χ4n) is 4.87. The third-order valence-electron chi connectivity index (χ3n) is 6.74. The van der Waals surface area contributed by atoms with Crippen molar-refractivity contribution in [3.05, 3.63) is 30.1 Å². The summed E-state index contributed by atoms with van der Waals surface area (Å²) in [6.45, 7) is 4.93. The zero-order valence-corrected chi connectivity index (χ0v) is 16.9. The van der Waals surface area contributed by atoms with Gasteiger partial charge in [-0.15, -0.1) is 0 Å². The summed E-state index contributed by atoms with van der Waals surface area (Å²) in [5.41, 5.74) is 7.29. The summed E-state index contributed by atoms with van der Waals surface area (Å²) < 4.78 is 0. The summed E-state index contributed by atoms with van der Waals surface area (Å²) in [6.07, 6.45) is 11.4. The standard InChI is InChI=1S/C22H35N5O/c23-14-21-4-3-20(27(21)16-17-1-2-17)13-22(28)25-19-7-11-26(12-8-19)15-18-5-9-24-10-6-18/h5-6,9-10,17,19-21H,1-4,7-8,11-16,23H2,(H,25,28)/t20-,21+/m0/s1. The summed E-state index contributed by atoms with van der Waals surface area (Å²) in [5, 5.41) is 3.32. The molecule has 0 radical (unpaired) electrons. The molecule has 1 aromatic rings. The maximum absolute atomic E-state index is 12.7. The Hall–Kier alpha value is -1.50. The number of piperidine rings is 1. The van der Waals surface area contributed by atoms with Gasteiger partial charge in [0.15, 0.2) is 0 Å². The zero-order chi connectivity index (χ0) is 19.3. The van der Waals surface area contributed by atoms with Crippen molar-refractivity contribution in [2.24, 2.45) is 11.7 Å². The highest BCUT2D eigenvalue weighted by Crippen LogP contribution is 2.35. The van der Waals surface area contributed by atoms with Crippen LogP contribution in [-0.4, -0.2) is 65.0 Å². The van der Waals surface area contributed by atoms with Crippen LogP contribution in [0.2, 0.25) is 0 Å². The van der Waals surface area contributed by atoms with Gasteiger partial charge in [0.2, 0.25) is 5.91 Å². The Bertz CT molecular complexity index is 627. The molecule has 154 valence electrons. The Balaban J connectivity index is 1.20. The second kappa shape index (κ2) is 9.33. The van der Waals surface area contributed by atoms with E-state index in [0.29, 0.717) is 24.5 Å². The highest BCUT2D eigenvalue weighted by molar-refractivity contribution is 5.77. The smallest absolute Gasteiger partial charge is 0.221 e. The van der Waals surface area contributed by atoms with Crippen molar-refractivity contribution in [3.63, 3.8) is 0 Å². The molecule has 28 heavy (non-hydrogen) atoms. The molecule has 3 N–H and O–H groups in total. The van der Waals surface area contributed by atoms with Crippen molar-refractivity contribution in [3.8, 4) is 0 Å². The monoisotopic (exact) mass is 385 g/mol. The van der Waals surface area contributed by atoms with Crippen LogP contribution in [0.25, 0.3) is 0 Å². The number of nitrogens with zero attached hydrogens (tertiary/aromatic N) is 3. The maximum atomic E-state index is 12.7. The summed E-state index contributed by atoms with van der Waals surface area (Å²) in [6, 6.07) is 5.36. The molecule has 0 unspecified atom stereocenters. The number of rotatable bonds is 8. The number of carbonyl (C=O) groups is 1. The molecular weight excluding hydrogens is 350 g/mol. The van der Waals surface area contributed by atoms with Crippen LogP contribution >= 0.6 is 0 Å². The molecule has 6 heteroatoms. The van der Waals surface area contributed by atoms with Crippen molar-refractivity contribution < 1.29 is 4.79 Å². The normalized spacial score (nSPS) is 27.2. The number of nitrogens with two attached hydrogens (primary N) is 1. The van der Waals surface area contributed by atoms with E-state index in [9.17, 15) is 4.79 Å². The van der Waals surface area contributed by atoms with Crippen LogP contribution in [0.15, 0.2) is 24.5 Å². The third kappa shape index (κ3) is 5.31. The van der Waals surface area contributed by atoms with Gasteiger partial charge >= 0.3 is 0 Å². The van der Waals surface area contributed by atoms with Gasteiger partial charge in [-0.05, 0) is 62.1 Å². The number of carbonyl (C=O) groups excluding carboxylic acids is 1. The van der Waals surface area contributed by atoms with Crippen LogP contribution in [-0.2, 0) is 11.3 Å². The Morgan fingerprint density at radius 1 is 1.07 bits per heavy atom. The number of hydrogen-bond donors (Lipinski definition) is 2. The van der Waals surface area contributed by atoms with Crippen molar-refractivity contribution in [1.29, 1.82) is 0 Å². The SMILES string of the molecule is NC[C@H]1CC[C@@H](CC(=O)NC2CCN(Cc3ccncc3)CC2)N1CC1CC1. The molecule has 3 aliphatic rings. The van der Waals surface area contributed by atoms with Gasteiger partial charge in [-0.3, -0.25) is 19.6 Å². The molecule has 4 rings (SSSR count). The molecule has 0 bridgehead atoms.